The van der Waals surface area contributed by atoms with Crippen LogP contribution >= 0.6 is 0 Å². The van der Waals surface area contributed by atoms with E-state index in [1.807, 2.05) is 0 Å². The van der Waals surface area contributed by atoms with Gasteiger partial charge >= 0.3 is 5.97 Å². The van der Waals surface area contributed by atoms with E-state index in [2.05, 4.69) is 10.9 Å². The van der Waals surface area contributed by atoms with Crippen molar-refractivity contribution in [2.75, 3.05) is 18.5 Å². The molecule has 8 heteroatoms. The predicted molar refractivity (Wildman–Crippen MR) is 105 cm³/mol. The first-order chi connectivity index (χ1) is 13.3. The Kier molecular flexibility index (Phi) is 4.94. The van der Waals surface area contributed by atoms with Crippen LogP contribution in [0.5, 0.6) is 5.75 Å². The summed E-state index contributed by atoms with van der Waals surface area (Å²) in [7, 11) is -1.31. The molecule has 7 nitrogen and oxygen atoms in total. The van der Waals surface area contributed by atoms with Crippen LogP contribution in [0.15, 0.2) is 53.4 Å². The molecule has 0 aliphatic carbocycles. The number of terminal acetylenes is 1. The highest BCUT2D eigenvalue weighted by molar-refractivity contribution is 7.92. The molecule has 1 heterocycles. The predicted octanol–water partition coefficient (Wildman–Crippen LogP) is 2.75. The van der Waals surface area contributed by atoms with Gasteiger partial charge in [-0.05, 0) is 36.3 Å². The number of anilines is 1. The number of carbonyl (C=O) groups is 1. The fourth-order valence-corrected chi connectivity index (χ4v) is 4.08. The molecule has 0 atom stereocenters. The normalized spacial score (nSPS) is 11.0. The lowest BCUT2D eigenvalue weighted by Crippen LogP contribution is -2.29. The van der Waals surface area contributed by atoms with Crippen molar-refractivity contribution in [1.82, 2.24) is 4.98 Å². The van der Waals surface area contributed by atoms with Crippen molar-refractivity contribution in [2.24, 2.45) is 0 Å². The van der Waals surface area contributed by atoms with Gasteiger partial charge in [-0.3, -0.25) is 4.31 Å². The van der Waals surface area contributed by atoms with E-state index in [-0.39, 0.29) is 21.8 Å². The molecule has 0 amide bonds. The van der Waals surface area contributed by atoms with Crippen LogP contribution in [0, 0.1) is 12.3 Å². The van der Waals surface area contributed by atoms with Crippen molar-refractivity contribution < 1.29 is 23.1 Å². The Labute approximate surface area is 162 Å². The van der Waals surface area contributed by atoms with E-state index in [9.17, 15) is 18.3 Å². The monoisotopic (exact) mass is 396 g/mol. The molecule has 0 unspecified atom stereocenters. The van der Waals surface area contributed by atoms with Crippen molar-refractivity contribution >= 4 is 32.6 Å². The molecule has 3 aromatic rings. The van der Waals surface area contributed by atoms with Gasteiger partial charge in [0.25, 0.3) is 10.0 Å². The highest BCUT2D eigenvalue weighted by atomic mass is 32.2. The summed E-state index contributed by atoms with van der Waals surface area (Å²) in [5, 5.41) is 10.1. The third-order valence-electron chi connectivity index (χ3n) is 4.25. The molecule has 0 fully saturated rings. The number of para-hydroxylation sites is 1. The van der Waals surface area contributed by atoms with Gasteiger partial charge in [0.15, 0.2) is 0 Å². The van der Waals surface area contributed by atoms with E-state index in [1.54, 1.807) is 24.3 Å². The molecule has 0 aliphatic rings. The second-order valence-electron chi connectivity index (χ2n) is 5.80. The summed E-state index contributed by atoms with van der Waals surface area (Å²) >= 11 is 0. The number of carboxylic acid groups (broad SMARTS) is 1. The molecule has 28 heavy (non-hydrogen) atoms. The molecule has 0 bridgehead atoms. The highest BCUT2D eigenvalue weighted by Gasteiger charge is 2.29. The van der Waals surface area contributed by atoms with Gasteiger partial charge < -0.3 is 9.84 Å². The molecule has 0 saturated carbocycles. The summed E-state index contributed by atoms with van der Waals surface area (Å²) < 4.78 is 32.3. The van der Waals surface area contributed by atoms with E-state index in [1.165, 1.54) is 38.4 Å². The lowest BCUT2D eigenvalue weighted by molar-refractivity contribution is 0.0697. The lowest BCUT2D eigenvalue weighted by Gasteiger charge is -2.23. The minimum Gasteiger partial charge on any atom is -0.497 e. The minimum atomic E-state index is -4.07. The zero-order valence-electron chi connectivity index (χ0n) is 15.1. The minimum absolute atomic E-state index is 0.0183. The Morgan fingerprint density at radius 2 is 1.82 bits per heavy atom. The Hall–Kier alpha value is -3.57. The van der Waals surface area contributed by atoms with Crippen molar-refractivity contribution in [2.45, 2.75) is 4.90 Å². The smallest absolute Gasteiger partial charge is 0.340 e. The van der Waals surface area contributed by atoms with Gasteiger partial charge in [0.2, 0.25) is 0 Å². The average Bonchev–Trinajstić information content (AvgIpc) is 2.71. The number of rotatable bonds is 5. The van der Waals surface area contributed by atoms with E-state index in [0.717, 1.165) is 4.31 Å². The zero-order chi connectivity index (χ0) is 20.5. The fourth-order valence-electron chi connectivity index (χ4n) is 2.85. The first kappa shape index (κ1) is 19.2. The molecule has 0 radical (unpaired) electrons. The van der Waals surface area contributed by atoms with Crippen LogP contribution < -0.4 is 9.04 Å². The number of benzene rings is 2. The SMILES string of the molecule is C#Cc1nc2ccccc2c(N(C)S(=O)(=O)c2ccc(OC)cc2)c1C(=O)O. The maximum Gasteiger partial charge on any atom is 0.340 e. The number of sulfonamides is 1. The van der Waals surface area contributed by atoms with Gasteiger partial charge in [-0.2, -0.15) is 0 Å². The number of methoxy groups -OCH3 is 1. The number of aromatic nitrogens is 1. The van der Waals surface area contributed by atoms with Crippen LogP contribution in [-0.2, 0) is 10.0 Å². The number of pyridine rings is 1. The summed E-state index contributed by atoms with van der Waals surface area (Å²) in [6.07, 6.45) is 5.44. The first-order valence-corrected chi connectivity index (χ1v) is 9.51. The number of aromatic carboxylic acids is 1. The van der Waals surface area contributed by atoms with Crippen LogP contribution in [-0.4, -0.2) is 38.6 Å². The fraction of sp³-hybridized carbons (Fsp3) is 0.100. The van der Waals surface area contributed by atoms with Gasteiger partial charge in [-0.25, -0.2) is 18.2 Å². The molecule has 2 aromatic carbocycles. The number of hydrogen-bond acceptors (Lipinski definition) is 5. The van der Waals surface area contributed by atoms with Crippen molar-refractivity contribution in [3.63, 3.8) is 0 Å². The second kappa shape index (κ2) is 7.21. The lowest BCUT2D eigenvalue weighted by atomic mass is 10.1. The van der Waals surface area contributed by atoms with Crippen LogP contribution in [0.2, 0.25) is 0 Å². The number of hydrogen-bond donors (Lipinski definition) is 1. The highest BCUT2D eigenvalue weighted by Crippen LogP contribution is 2.34. The van der Waals surface area contributed by atoms with Crippen molar-refractivity contribution in [1.29, 1.82) is 0 Å². The van der Waals surface area contributed by atoms with E-state index in [0.29, 0.717) is 16.7 Å². The Balaban J connectivity index is 2.30. The van der Waals surface area contributed by atoms with Crippen LogP contribution in [0.4, 0.5) is 5.69 Å². The number of nitrogens with zero attached hydrogens (tertiary/aromatic N) is 2. The third-order valence-corrected chi connectivity index (χ3v) is 6.02. The number of carboxylic acids is 1. The van der Waals surface area contributed by atoms with Gasteiger partial charge in [0, 0.05) is 12.4 Å². The largest absolute Gasteiger partial charge is 0.497 e. The van der Waals surface area contributed by atoms with Crippen molar-refractivity contribution in [3.8, 4) is 18.1 Å². The molecule has 1 aromatic heterocycles. The van der Waals surface area contributed by atoms with E-state index >= 15 is 0 Å². The summed E-state index contributed by atoms with van der Waals surface area (Å²) in [6.45, 7) is 0. The van der Waals surface area contributed by atoms with Crippen molar-refractivity contribution in [3.05, 3.63) is 59.8 Å². The van der Waals surface area contributed by atoms with Crippen LogP contribution in [0.1, 0.15) is 16.1 Å². The number of ether oxygens (including phenoxy) is 1. The number of fused-ring (bicyclic) bond motifs is 1. The molecule has 3 rings (SSSR count). The van der Waals surface area contributed by atoms with Gasteiger partial charge in [0.1, 0.15) is 17.0 Å². The van der Waals surface area contributed by atoms with Crippen LogP contribution in [0.3, 0.4) is 0 Å². The standard InChI is InChI=1S/C20H16N2O5S/c1-4-16-18(20(23)24)19(15-7-5-6-8-17(15)21-16)22(2)28(25,26)14-11-9-13(27-3)10-12-14/h1,5-12H,2-3H3,(H,23,24). The van der Waals surface area contributed by atoms with Gasteiger partial charge in [-0.1, -0.05) is 18.2 Å². The van der Waals surface area contributed by atoms with E-state index < -0.39 is 16.0 Å². The zero-order valence-corrected chi connectivity index (χ0v) is 15.9. The quantitative estimate of drug-likeness (QED) is 0.666. The summed E-state index contributed by atoms with van der Waals surface area (Å²) in [5.74, 6) is 1.37. The van der Waals surface area contributed by atoms with Gasteiger partial charge in [0.05, 0.1) is 23.2 Å². The average molecular weight is 396 g/mol. The molecular formula is C20H16N2O5S. The summed E-state index contributed by atoms with van der Waals surface area (Å²) in [4.78, 5) is 16.1. The second-order valence-corrected chi connectivity index (χ2v) is 7.77. The molecule has 0 spiro atoms. The molecule has 142 valence electrons. The topological polar surface area (TPSA) is 96.8 Å². The Morgan fingerprint density at radius 1 is 1.18 bits per heavy atom. The summed E-state index contributed by atoms with van der Waals surface area (Å²) in [6, 6.07) is 12.4. The Morgan fingerprint density at radius 3 is 2.39 bits per heavy atom. The summed E-state index contributed by atoms with van der Waals surface area (Å²) in [5.41, 5.74) is -0.132. The van der Waals surface area contributed by atoms with Gasteiger partial charge in [-0.15, -0.1) is 6.42 Å². The molecule has 1 N–H and O–H groups in total. The molecule has 0 saturated heterocycles. The Bertz CT molecular complexity index is 1210. The maximum atomic E-state index is 13.2. The maximum absolute atomic E-state index is 13.2. The first-order valence-electron chi connectivity index (χ1n) is 8.07. The molecule has 0 aliphatic heterocycles. The molecular weight excluding hydrogens is 380 g/mol. The van der Waals surface area contributed by atoms with Crippen LogP contribution in [0.25, 0.3) is 10.9 Å². The third kappa shape index (κ3) is 3.12. The van der Waals surface area contributed by atoms with E-state index in [4.69, 9.17) is 11.2 Å².